The highest BCUT2D eigenvalue weighted by molar-refractivity contribution is 5.20. The minimum atomic E-state index is 0.631. The molecule has 2 nitrogen and oxygen atoms in total. The quantitative estimate of drug-likeness (QED) is 0.831. The van der Waals surface area contributed by atoms with E-state index in [-0.39, 0.29) is 0 Å². The van der Waals surface area contributed by atoms with Gasteiger partial charge < -0.3 is 0 Å². The molecule has 2 unspecified atom stereocenters. The first-order valence-electron chi connectivity index (χ1n) is 8.43. The average Bonchev–Trinajstić information content (AvgIpc) is 3.31. The number of hydrogen-bond acceptors (Lipinski definition) is 2. The largest absolute Gasteiger partial charge is 0.297 e. The minimum absolute atomic E-state index is 0.631. The molecule has 1 aliphatic carbocycles. The SMILES string of the molecule is c1ccc(C2CN3CCCCC3CN2CC2CC2)cc1. The molecule has 0 aromatic heterocycles. The number of hydrogen-bond donors (Lipinski definition) is 0. The van der Waals surface area contributed by atoms with Gasteiger partial charge in [0.25, 0.3) is 0 Å². The Hall–Kier alpha value is -0.860. The molecule has 3 fully saturated rings. The van der Waals surface area contributed by atoms with E-state index in [1.165, 1.54) is 63.8 Å². The molecule has 3 aliphatic rings. The summed E-state index contributed by atoms with van der Waals surface area (Å²) in [4.78, 5) is 5.57. The van der Waals surface area contributed by atoms with Crippen molar-refractivity contribution in [3.63, 3.8) is 0 Å². The highest BCUT2D eigenvalue weighted by atomic mass is 15.3. The van der Waals surface area contributed by atoms with Crippen LogP contribution in [0.25, 0.3) is 0 Å². The molecular formula is C18H26N2. The van der Waals surface area contributed by atoms with Gasteiger partial charge in [-0.1, -0.05) is 36.8 Å². The fraction of sp³-hybridized carbons (Fsp3) is 0.667. The normalized spacial score (nSPS) is 32.0. The Kier molecular flexibility index (Phi) is 3.53. The van der Waals surface area contributed by atoms with Crippen LogP contribution in [-0.2, 0) is 0 Å². The molecule has 0 amide bonds. The first-order chi connectivity index (χ1) is 9.90. The van der Waals surface area contributed by atoms with Crippen molar-refractivity contribution in [2.45, 2.75) is 44.2 Å². The van der Waals surface area contributed by atoms with Crippen LogP contribution >= 0.6 is 0 Å². The number of piperazine rings is 1. The van der Waals surface area contributed by atoms with Gasteiger partial charge in [-0.3, -0.25) is 9.80 Å². The van der Waals surface area contributed by atoms with Gasteiger partial charge >= 0.3 is 0 Å². The maximum Gasteiger partial charge on any atom is 0.0476 e. The Labute approximate surface area is 122 Å². The highest BCUT2D eigenvalue weighted by Crippen LogP contribution is 2.36. The smallest absolute Gasteiger partial charge is 0.0476 e. The zero-order chi connectivity index (χ0) is 13.4. The molecule has 0 spiro atoms. The van der Waals surface area contributed by atoms with Gasteiger partial charge in [-0.15, -0.1) is 0 Å². The van der Waals surface area contributed by atoms with Crippen molar-refractivity contribution < 1.29 is 0 Å². The van der Waals surface area contributed by atoms with Crippen molar-refractivity contribution in [2.24, 2.45) is 5.92 Å². The lowest BCUT2D eigenvalue weighted by Gasteiger charge is -2.48. The summed E-state index contributed by atoms with van der Waals surface area (Å²) in [6, 6.07) is 12.7. The van der Waals surface area contributed by atoms with Crippen LogP contribution in [-0.4, -0.2) is 42.0 Å². The molecule has 1 aromatic rings. The summed E-state index contributed by atoms with van der Waals surface area (Å²) in [5, 5.41) is 0. The molecule has 2 atom stereocenters. The fourth-order valence-corrected chi connectivity index (χ4v) is 4.07. The predicted octanol–water partition coefficient (Wildman–Crippen LogP) is 3.31. The Morgan fingerprint density at radius 1 is 0.950 bits per heavy atom. The lowest BCUT2D eigenvalue weighted by molar-refractivity contribution is 0.00567. The summed E-state index contributed by atoms with van der Waals surface area (Å²) in [7, 11) is 0. The predicted molar refractivity (Wildman–Crippen MR) is 82.7 cm³/mol. The van der Waals surface area contributed by atoms with E-state index in [0.29, 0.717) is 6.04 Å². The molecule has 2 aliphatic heterocycles. The molecule has 1 aromatic carbocycles. The molecule has 1 saturated carbocycles. The summed E-state index contributed by atoms with van der Waals surface area (Å²) < 4.78 is 0. The first-order valence-corrected chi connectivity index (χ1v) is 8.43. The van der Waals surface area contributed by atoms with E-state index >= 15 is 0 Å². The van der Waals surface area contributed by atoms with E-state index in [1.807, 2.05) is 0 Å². The van der Waals surface area contributed by atoms with Gasteiger partial charge in [0.1, 0.15) is 0 Å². The van der Waals surface area contributed by atoms with Gasteiger partial charge in [0, 0.05) is 31.7 Å². The second kappa shape index (κ2) is 5.50. The van der Waals surface area contributed by atoms with Crippen LogP contribution in [0.2, 0.25) is 0 Å². The molecule has 2 saturated heterocycles. The van der Waals surface area contributed by atoms with Crippen molar-refractivity contribution in [3.8, 4) is 0 Å². The minimum Gasteiger partial charge on any atom is -0.297 e. The topological polar surface area (TPSA) is 6.48 Å². The van der Waals surface area contributed by atoms with Gasteiger partial charge in [-0.2, -0.15) is 0 Å². The number of fused-ring (bicyclic) bond motifs is 1. The number of benzene rings is 1. The molecule has 0 bridgehead atoms. The Balaban J connectivity index is 1.55. The Morgan fingerprint density at radius 3 is 2.60 bits per heavy atom. The van der Waals surface area contributed by atoms with Gasteiger partial charge in [0.05, 0.1) is 0 Å². The van der Waals surface area contributed by atoms with Crippen LogP contribution in [0.5, 0.6) is 0 Å². The number of nitrogens with zero attached hydrogens (tertiary/aromatic N) is 2. The first kappa shape index (κ1) is 12.8. The summed E-state index contributed by atoms with van der Waals surface area (Å²) in [6.07, 6.45) is 7.19. The van der Waals surface area contributed by atoms with Gasteiger partial charge in [0.15, 0.2) is 0 Å². The molecule has 4 rings (SSSR count). The van der Waals surface area contributed by atoms with E-state index < -0.39 is 0 Å². The van der Waals surface area contributed by atoms with Crippen LogP contribution < -0.4 is 0 Å². The van der Waals surface area contributed by atoms with Crippen molar-refractivity contribution in [1.29, 1.82) is 0 Å². The summed E-state index contributed by atoms with van der Waals surface area (Å²) in [5.41, 5.74) is 1.53. The van der Waals surface area contributed by atoms with Gasteiger partial charge in [-0.25, -0.2) is 0 Å². The molecule has 0 radical (unpaired) electrons. The molecule has 108 valence electrons. The van der Waals surface area contributed by atoms with Crippen LogP contribution in [0.4, 0.5) is 0 Å². The van der Waals surface area contributed by atoms with E-state index in [9.17, 15) is 0 Å². The van der Waals surface area contributed by atoms with E-state index in [1.54, 1.807) is 0 Å². The summed E-state index contributed by atoms with van der Waals surface area (Å²) >= 11 is 0. The highest BCUT2D eigenvalue weighted by Gasteiger charge is 2.37. The molecule has 0 N–H and O–H groups in total. The second-order valence-electron chi connectivity index (χ2n) is 6.97. The Bertz CT molecular complexity index is 440. The van der Waals surface area contributed by atoms with Gasteiger partial charge in [0.2, 0.25) is 0 Å². The molecular weight excluding hydrogens is 244 g/mol. The maximum absolute atomic E-state index is 2.81. The number of piperidine rings is 1. The maximum atomic E-state index is 2.81. The van der Waals surface area contributed by atoms with Crippen LogP contribution in [0, 0.1) is 5.92 Å². The van der Waals surface area contributed by atoms with Crippen molar-refractivity contribution in [1.82, 2.24) is 9.80 Å². The van der Waals surface area contributed by atoms with E-state index in [2.05, 4.69) is 40.1 Å². The van der Waals surface area contributed by atoms with Crippen molar-refractivity contribution >= 4 is 0 Å². The Morgan fingerprint density at radius 2 is 1.80 bits per heavy atom. The van der Waals surface area contributed by atoms with E-state index in [4.69, 9.17) is 0 Å². The molecule has 20 heavy (non-hydrogen) atoms. The van der Waals surface area contributed by atoms with E-state index in [0.717, 1.165) is 12.0 Å². The van der Waals surface area contributed by atoms with Crippen molar-refractivity contribution in [2.75, 3.05) is 26.2 Å². The fourth-order valence-electron chi connectivity index (χ4n) is 4.07. The monoisotopic (exact) mass is 270 g/mol. The third-order valence-electron chi connectivity index (χ3n) is 5.42. The van der Waals surface area contributed by atoms with Crippen molar-refractivity contribution in [3.05, 3.63) is 35.9 Å². The van der Waals surface area contributed by atoms with Crippen LogP contribution in [0.1, 0.15) is 43.7 Å². The number of rotatable bonds is 3. The zero-order valence-corrected chi connectivity index (χ0v) is 12.4. The van der Waals surface area contributed by atoms with Crippen LogP contribution in [0.15, 0.2) is 30.3 Å². The second-order valence-corrected chi connectivity index (χ2v) is 6.97. The standard InChI is InChI=1S/C18H26N2/c1-2-6-16(7-3-1)18-14-19-11-5-4-8-17(19)13-20(18)12-15-9-10-15/h1-3,6-7,15,17-18H,4-5,8-14H2. The third kappa shape index (κ3) is 2.64. The average molecular weight is 270 g/mol. The summed E-state index contributed by atoms with van der Waals surface area (Å²) in [5.74, 6) is 0.997. The van der Waals surface area contributed by atoms with Crippen LogP contribution in [0.3, 0.4) is 0 Å². The molecule has 2 heterocycles. The lowest BCUT2D eigenvalue weighted by atomic mass is 9.93. The molecule has 2 heteroatoms. The van der Waals surface area contributed by atoms with Gasteiger partial charge in [-0.05, 0) is 43.7 Å². The zero-order valence-electron chi connectivity index (χ0n) is 12.4. The summed E-state index contributed by atoms with van der Waals surface area (Å²) in [6.45, 7) is 5.21. The third-order valence-corrected chi connectivity index (χ3v) is 5.42. The lowest BCUT2D eigenvalue weighted by Crippen LogP contribution is -2.56.